The fourth-order valence-electron chi connectivity index (χ4n) is 1.75. The Balaban J connectivity index is 2.62. The first-order valence-electron chi connectivity index (χ1n) is 5.14. The van der Waals surface area contributed by atoms with Crippen molar-refractivity contribution in [3.8, 4) is 0 Å². The number of hydrogen-bond donors (Lipinski definition) is 0. The van der Waals surface area contributed by atoms with Crippen molar-refractivity contribution in [2.45, 2.75) is 12.7 Å². The molecule has 0 aliphatic carbocycles. The lowest BCUT2D eigenvalue weighted by Crippen LogP contribution is -2.10. The Morgan fingerprint density at radius 2 is 2.11 bits per heavy atom. The summed E-state index contributed by atoms with van der Waals surface area (Å²) >= 11 is 3.06. The summed E-state index contributed by atoms with van der Waals surface area (Å²) in [5.74, 6) is 0. The van der Waals surface area contributed by atoms with Gasteiger partial charge in [-0.3, -0.25) is 0 Å². The normalized spacial score (nSPS) is 12.3. The average Bonchev–Trinajstić information content (AvgIpc) is 2.66. The van der Waals surface area contributed by atoms with Gasteiger partial charge in [0, 0.05) is 18.1 Å². The maximum Gasteiger partial charge on any atom is 0.418 e. The number of benzene rings is 1. The SMILES string of the molecule is COCCn1cnc2cc(Br)cc(C(F)(F)F)c21. The lowest BCUT2D eigenvalue weighted by Gasteiger charge is -2.11. The number of ether oxygens (including phenoxy) is 1. The van der Waals surface area contributed by atoms with Gasteiger partial charge in [0.2, 0.25) is 0 Å². The summed E-state index contributed by atoms with van der Waals surface area (Å²) in [6.45, 7) is 0.663. The molecule has 0 fully saturated rings. The van der Waals surface area contributed by atoms with Gasteiger partial charge in [-0.25, -0.2) is 4.98 Å². The third kappa shape index (κ3) is 2.51. The Bertz CT molecular complexity index is 565. The molecule has 1 heterocycles. The number of alkyl halides is 3. The van der Waals surface area contributed by atoms with Gasteiger partial charge in [0.15, 0.2) is 0 Å². The molecule has 3 nitrogen and oxygen atoms in total. The average molecular weight is 323 g/mol. The van der Waals surface area contributed by atoms with Crippen LogP contribution >= 0.6 is 15.9 Å². The Labute approximate surface area is 110 Å². The standard InChI is InChI=1S/C11H10BrF3N2O/c1-18-3-2-17-6-16-9-5-7(12)4-8(10(9)17)11(13,14)15/h4-6H,2-3H2,1H3. The number of fused-ring (bicyclic) bond motifs is 1. The lowest BCUT2D eigenvalue weighted by atomic mass is 10.1. The van der Waals surface area contributed by atoms with Crippen molar-refractivity contribution < 1.29 is 17.9 Å². The van der Waals surface area contributed by atoms with Crippen molar-refractivity contribution >= 4 is 27.0 Å². The highest BCUT2D eigenvalue weighted by Crippen LogP contribution is 2.36. The van der Waals surface area contributed by atoms with Crippen LogP contribution in [0.4, 0.5) is 13.2 Å². The summed E-state index contributed by atoms with van der Waals surface area (Å²) in [4.78, 5) is 3.98. The molecule has 7 heteroatoms. The van der Waals surface area contributed by atoms with Crippen molar-refractivity contribution in [3.05, 3.63) is 28.5 Å². The summed E-state index contributed by atoms with van der Waals surface area (Å²) in [7, 11) is 1.50. The molecular weight excluding hydrogens is 313 g/mol. The molecule has 2 rings (SSSR count). The molecule has 0 aliphatic rings. The molecule has 0 radical (unpaired) electrons. The van der Waals surface area contributed by atoms with Crippen molar-refractivity contribution in [2.75, 3.05) is 13.7 Å². The summed E-state index contributed by atoms with van der Waals surface area (Å²) in [5, 5.41) is 0. The Kier molecular flexibility index (Phi) is 3.63. The first-order valence-corrected chi connectivity index (χ1v) is 5.93. The molecule has 0 saturated carbocycles. The minimum absolute atomic E-state index is 0.0859. The molecular formula is C11H10BrF3N2O. The lowest BCUT2D eigenvalue weighted by molar-refractivity contribution is -0.136. The van der Waals surface area contributed by atoms with E-state index < -0.39 is 11.7 Å². The van der Waals surface area contributed by atoms with E-state index in [4.69, 9.17) is 4.74 Å². The quantitative estimate of drug-likeness (QED) is 0.865. The van der Waals surface area contributed by atoms with Gasteiger partial charge in [-0.05, 0) is 12.1 Å². The van der Waals surface area contributed by atoms with Gasteiger partial charge >= 0.3 is 6.18 Å². The molecule has 0 saturated heterocycles. The molecule has 0 N–H and O–H groups in total. The highest BCUT2D eigenvalue weighted by atomic mass is 79.9. The van der Waals surface area contributed by atoms with E-state index in [1.165, 1.54) is 18.0 Å². The minimum Gasteiger partial charge on any atom is -0.383 e. The van der Waals surface area contributed by atoms with E-state index >= 15 is 0 Å². The van der Waals surface area contributed by atoms with E-state index in [1.807, 2.05) is 0 Å². The number of hydrogen-bond acceptors (Lipinski definition) is 2. The van der Waals surface area contributed by atoms with Crippen molar-refractivity contribution in [2.24, 2.45) is 0 Å². The van der Waals surface area contributed by atoms with Crippen LogP contribution in [0.2, 0.25) is 0 Å². The molecule has 1 aromatic heterocycles. The second kappa shape index (κ2) is 4.89. The number of halogens is 4. The Hall–Kier alpha value is -1.08. The zero-order valence-corrected chi connectivity index (χ0v) is 11.0. The van der Waals surface area contributed by atoms with Crippen LogP contribution in [-0.4, -0.2) is 23.3 Å². The molecule has 0 aliphatic heterocycles. The summed E-state index contributed by atoms with van der Waals surface area (Å²) in [6, 6.07) is 2.63. The fourth-order valence-corrected chi connectivity index (χ4v) is 2.20. The second-order valence-corrected chi connectivity index (χ2v) is 4.67. The van der Waals surface area contributed by atoms with E-state index in [2.05, 4.69) is 20.9 Å². The van der Waals surface area contributed by atoms with Gasteiger partial charge < -0.3 is 9.30 Å². The van der Waals surface area contributed by atoms with Crippen LogP contribution in [0.15, 0.2) is 22.9 Å². The maximum atomic E-state index is 13.0. The largest absolute Gasteiger partial charge is 0.418 e. The van der Waals surface area contributed by atoms with Crippen LogP contribution in [0, 0.1) is 0 Å². The van der Waals surface area contributed by atoms with Gasteiger partial charge in [-0.15, -0.1) is 0 Å². The Morgan fingerprint density at radius 3 is 2.72 bits per heavy atom. The monoisotopic (exact) mass is 322 g/mol. The van der Waals surface area contributed by atoms with E-state index in [0.29, 0.717) is 23.1 Å². The number of imidazole rings is 1. The number of rotatable bonds is 3. The summed E-state index contributed by atoms with van der Waals surface area (Å²) in [5.41, 5.74) is -0.295. The molecule has 1 aromatic carbocycles. The third-order valence-electron chi connectivity index (χ3n) is 2.52. The molecule has 98 valence electrons. The van der Waals surface area contributed by atoms with Gasteiger partial charge in [0.25, 0.3) is 0 Å². The third-order valence-corrected chi connectivity index (χ3v) is 2.98. The van der Waals surface area contributed by atoms with Crippen LogP contribution in [0.1, 0.15) is 5.56 Å². The van der Waals surface area contributed by atoms with Crippen LogP contribution in [0.3, 0.4) is 0 Å². The van der Waals surface area contributed by atoms with Crippen molar-refractivity contribution in [1.82, 2.24) is 9.55 Å². The van der Waals surface area contributed by atoms with Gasteiger partial charge in [-0.2, -0.15) is 13.2 Å². The van der Waals surface area contributed by atoms with Crippen LogP contribution in [0.5, 0.6) is 0 Å². The molecule has 0 spiro atoms. The predicted molar refractivity (Wildman–Crippen MR) is 64.3 cm³/mol. The summed E-state index contributed by atoms with van der Waals surface area (Å²) < 4.78 is 45.6. The van der Waals surface area contributed by atoms with Crippen molar-refractivity contribution in [1.29, 1.82) is 0 Å². The topological polar surface area (TPSA) is 27.1 Å². The van der Waals surface area contributed by atoms with E-state index in [-0.39, 0.29) is 5.52 Å². The predicted octanol–water partition coefficient (Wildman–Crippen LogP) is 3.46. The summed E-state index contributed by atoms with van der Waals surface area (Å²) in [6.07, 6.45) is -3.02. The van der Waals surface area contributed by atoms with E-state index in [9.17, 15) is 13.2 Å². The van der Waals surface area contributed by atoms with Crippen LogP contribution in [-0.2, 0) is 17.5 Å². The number of aromatic nitrogens is 2. The van der Waals surface area contributed by atoms with E-state index in [0.717, 1.165) is 6.07 Å². The molecule has 0 unspecified atom stereocenters. The highest BCUT2D eigenvalue weighted by Gasteiger charge is 2.34. The highest BCUT2D eigenvalue weighted by molar-refractivity contribution is 9.10. The maximum absolute atomic E-state index is 13.0. The molecule has 0 atom stereocenters. The van der Waals surface area contributed by atoms with Crippen LogP contribution < -0.4 is 0 Å². The van der Waals surface area contributed by atoms with E-state index in [1.54, 1.807) is 6.07 Å². The minimum atomic E-state index is -4.41. The zero-order chi connectivity index (χ0) is 13.3. The number of methoxy groups -OCH3 is 1. The van der Waals surface area contributed by atoms with Crippen molar-refractivity contribution in [3.63, 3.8) is 0 Å². The smallest absolute Gasteiger partial charge is 0.383 e. The fraction of sp³-hybridized carbons (Fsp3) is 0.364. The second-order valence-electron chi connectivity index (χ2n) is 3.75. The zero-order valence-electron chi connectivity index (χ0n) is 9.46. The molecule has 0 amide bonds. The van der Waals surface area contributed by atoms with Gasteiger partial charge in [0.1, 0.15) is 0 Å². The molecule has 0 bridgehead atoms. The first-order chi connectivity index (χ1) is 8.43. The Morgan fingerprint density at radius 1 is 1.39 bits per heavy atom. The van der Waals surface area contributed by atoms with Gasteiger partial charge in [0.05, 0.1) is 29.5 Å². The first kappa shape index (κ1) is 13.4. The van der Waals surface area contributed by atoms with Crippen LogP contribution in [0.25, 0.3) is 11.0 Å². The number of nitrogens with zero attached hydrogens (tertiary/aromatic N) is 2. The molecule has 18 heavy (non-hydrogen) atoms. The van der Waals surface area contributed by atoms with Gasteiger partial charge in [-0.1, -0.05) is 15.9 Å². The molecule has 2 aromatic rings.